The summed E-state index contributed by atoms with van der Waals surface area (Å²) in [6.45, 7) is 3.28. The molecule has 2 aromatic carbocycles. The SMILES string of the molecule is CCOC(=O)Cn1nc(-c2ccccc2)c(C#Cc2ccccc2)c1NC(C)=O. The van der Waals surface area contributed by atoms with Gasteiger partial charge in [0.2, 0.25) is 5.91 Å². The normalized spacial score (nSPS) is 10.0. The first-order valence-corrected chi connectivity index (χ1v) is 9.25. The van der Waals surface area contributed by atoms with Crippen LogP contribution < -0.4 is 5.32 Å². The number of hydrogen-bond donors (Lipinski definition) is 1. The van der Waals surface area contributed by atoms with Crippen molar-refractivity contribution in [2.45, 2.75) is 20.4 Å². The van der Waals surface area contributed by atoms with Crippen LogP contribution in [0.3, 0.4) is 0 Å². The van der Waals surface area contributed by atoms with E-state index in [1.165, 1.54) is 11.6 Å². The number of hydrogen-bond acceptors (Lipinski definition) is 4. The minimum Gasteiger partial charge on any atom is -0.465 e. The molecule has 0 aliphatic rings. The molecule has 3 aromatic rings. The fourth-order valence-corrected chi connectivity index (χ4v) is 2.77. The highest BCUT2D eigenvalue weighted by molar-refractivity contribution is 5.91. The Labute approximate surface area is 169 Å². The molecule has 1 heterocycles. The van der Waals surface area contributed by atoms with Crippen molar-refractivity contribution >= 4 is 17.7 Å². The Morgan fingerprint density at radius 1 is 1.03 bits per heavy atom. The van der Waals surface area contributed by atoms with Crippen LogP contribution in [0.15, 0.2) is 60.7 Å². The smallest absolute Gasteiger partial charge is 0.327 e. The van der Waals surface area contributed by atoms with Crippen molar-refractivity contribution in [3.05, 3.63) is 71.8 Å². The number of ether oxygens (including phenoxy) is 1. The number of esters is 1. The molecule has 0 unspecified atom stereocenters. The Balaban J connectivity index is 2.15. The van der Waals surface area contributed by atoms with Crippen molar-refractivity contribution in [2.24, 2.45) is 0 Å². The largest absolute Gasteiger partial charge is 0.465 e. The third-order valence-electron chi connectivity index (χ3n) is 3.98. The number of benzene rings is 2. The second-order valence-electron chi connectivity index (χ2n) is 6.20. The van der Waals surface area contributed by atoms with Gasteiger partial charge in [-0.2, -0.15) is 5.10 Å². The Morgan fingerprint density at radius 3 is 2.31 bits per heavy atom. The number of anilines is 1. The molecule has 146 valence electrons. The van der Waals surface area contributed by atoms with Gasteiger partial charge in [0.15, 0.2) is 0 Å². The van der Waals surface area contributed by atoms with Crippen LogP contribution in [0.4, 0.5) is 5.82 Å². The maximum Gasteiger partial charge on any atom is 0.327 e. The van der Waals surface area contributed by atoms with Crippen molar-refractivity contribution in [3.8, 4) is 23.1 Å². The quantitative estimate of drug-likeness (QED) is 0.537. The molecule has 1 aromatic heterocycles. The van der Waals surface area contributed by atoms with Crippen molar-refractivity contribution in [3.63, 3.8) is 0 Å². The van der Waals surface area contributed by atoms with E-state index in [0.717, 1.165) is 11.1 Å². The highest BCUT2D eigenvalue weighted by Crippen LogP contribution is 2.28. The molecular formula is C23H21N3O3. The van der Waals surface area contributed by atoms with Crippen molar-refractivity contribution < 1.29 is 14.3 Å². The molecule has 6 heteroatoms. The topological polar surface area (TPSA) is 73.2 Å². The number of aromatic nitrogens is 2. The summed E-state index contributed by atoms with van der Waals surface area (Å²) in [7, 11) is 0. The summed E-state index contributed by atoms with van der Waals surface area (Å²) in [4.78, 5) is 23.9. The fraction of sp³-hybridized carbons (Fsp3) is 0.174. The van der Waals surface area contributed by atoms with E-state index in [1.807, 2.05) is 60.7 Å². The number of rotatable bonds is 5. The van der Waals surface area contributed by atoms with Crippen LogP contribution in [0.25, 0.3) is 11.3 Å². The Morgan fingerprint density at radius 2 is 1.69 bits per heavy atom. The molecule has 0 spiro atoms. The summed E-state index contributed by atoms with van der Waals surface area (Å²) in [5.41, 5.74) is 2.79. The van der Waals surface area contributed by atoms with Crippen LogP contribution >= 0.6 is 0 Å². The standard InChI is InChI=1S/C23H21N3O3/c1-3-29-21(28)16-26-23(24-17(2)27)20(15-14-18-10-6-4-7-11-18)22(25-26)19-12-8-5-9-13-19/h4-13H,3,16H2,1-2H3,(H,24,27). The molecule has 0 aliphatic heterocycles. The van der Waals surface area contributed by atoms with E-state index < -0.39 is 5.97 Å². The molecule has 0 fully saturated rings. The molecule has 0 saturated heterocycles. The fourth-order valence-electron chi connectivity index (χ4n) is 2.77. The zero-order chi connectivity index (χ0) is 20.6. The van der Waals surface area contributed by atoms with Crippen LogP contribution in [-0.4, -0.2) is 28.3 Å². The monoisotopic (exact) mass is 387 g/mol. The second-order valence-corrected chi connectivity index (χ2v) is 6.20. The van der Waals surface area contributed by atoms with Gasteiger partial charge in [-0.25, -0.2) is 4.68 Å². The Bertz CT molecular complexity index is 1060. The van der Waals surface area contributed by atoms with Gasteiger partial charge in [-0.05, 0) is 19.1 Å². The summed E-state index contributed by atoms with van der Waals surface area (Å²) >= 11 is 0. The molecule has 0 bridgehead atoms. The molecule has 3 rings (SSSR count). The first kappa shape index (κ1) is 19.9. The number of amides is 1. The predicted molar refractivity (Wildman–Crippen MR) is 111 cm³/mol. The van der Waals surface area contributed by atoms with Crippen molar-refractivity contribution in [1.29, 1.82) is 0 Å². The number of nitrogens with one attached hydrogen (secondary N) is 1. The van der Waals surface area contributed by atoms with Gasteiger partial charge in [-0.1, -0.05) is 60.4 Å². The van der Waals surface area contributed by atoms with Gasteiger partial charge in [0.25, 0.3) is 0 Å². The van der Waals surface area contributed by atoms with Gasteiger partial charge in [-0.3, -0.25) is 9.59 Å². The van der Waals surface area contributed by atoms with Crippen LogP contribution in [0.1, 0.15) is 25.0 Å². The van der Waals surface area contributed by atoms with E-state index in [0.29, 0.717) is 17.1 Å². The van der Waals surface area contributed by atoms with Crippen LogP contribution in [0, 0.1) is 11.8 Å². The lowest BCUT2D eigenvalue weighted by Gasteiger charge is -2.07. The highest BCUT2D eigenvalue weighted by Gasteiger charge is 2.21. The summed E-state index contributed by atoms with van der Waals surface area (Å²) in [5.74, 6) is 5.88. The Hall–Kier alpha value is -3.85. The summed E-state index contributed by atoms with van der Waals surface area (Å²) in [6, 6.07) is 19.0. The highest BCUT2D eigenvalue weighted by atomic mass is 16.5. The third-order valence-corrected chi connectivity index (χ3v) is 3.98. The van der Waals surface area contributed by atoms with Gasteiger partial charge in [0, 0.05) is 18.1 Å². The van der Waals surface area contributed by atoms with Crippen molar-refractivity contribution in [2.75, 3.05) is 11.9 Å². The number of carbonyl (C=O) groups is 2. The van der Waals surface area contributed by atoms with E-state index in [4.69, 9.17) is 4.74 Å². The number of nitrogens with zero attached hydrogens (tertiary/aromatic N) is 2. The minimum atomic E-state index is -0.441. The average molecular weight is 387 g/mol. The predicted octanol–water partition coefficient (Wildman–Crippen LogP) is 3.47. The lowest BCUT2D eigenvalue weighted by Crippen LogP contribution is -2.18. The van der Waals surface area contributed by atoms with Gasteiger partial charge in [0.05, 0.1) is 12.2 Å². The molecule has 0 aliphatic carbocycles. The molecule has 0 saturated carbocycles. The van der Waals surface area contributed by atoms with E-state index in [2.05, 4.69) is 22.3 Å². The van der Waals surface area contributed by atoms with Gasteiger partial charge in [0.1, 0.15) is 18.1 Å². The zero-order valence-corrected chi connectivity index (χ0v) is 16.3. The van der Waals surface area contributed by atoms with Crippen LogP contribution in [-0.2, 0) is 20.9 Å². The molecule has 6 nitrogen and oxygen atoms in total. The van der Waals surface area contributed by atoms with Crippen LogP contribution in [0.5, 0.6) is 0 Å². The molecular weight excluding hydrogens is 366 g/mol. The first-order chi connectivity index (χ1) is 14.1. The van der Waals surface area contributed by atoms with E-state index in [1.54, 1.807) is 6.92 Å². The zero-order valence-electron chi connectivity index (χ0n) is 16.3. The molecule has 0 radical (unpaired) electrons. The number of carbonyl (C=O) groups excluding carboxylic acids is 2. The molecule has 29 heavy (non-hydrogen) atoms. The van der Waals surface area contributed by atoms with Crippen LogP contribution in [0.2, 0.25) is 0 Å². The van der Waals surface area contributed by atoms with E-state index in [9.17, 15) is 9.59 Å². The minimum absolute atomic E-state index is 0.129. The summed E-state index contributed by atoms with van der Waals surface area (Å²) in [5, 5.41) is 7.33. The molecule has 1 amide bonds. The summed E-state index contributed by atoms with van der Waals surface area (Å²) in [6.07, 6.45) is 0. The molecule has 1 N–H and O–H groups in total. The lowest BCUT2D eigenvalue weighted by atomic mass is 10.1. The summed E-state index contributed by atoms with van der Waals surface area (Å²) < 4.78 is 6.47. The maximum atomic E-state index is 12.1. The third kappa shape index (κ3) is 5.11. The van der Waals surface area contributed by atoms with Gasteiger partial charge >= 0.3 is 5.97 Å². The lowest BCUT2D eigenvalue weighted by molar-refractivity contribution is -0.144. The van der Waals surface area contributed by atoms with Gasteiger partial charge < -0.3 is 10.1 Å². The first-order valence-electron chi connectivity index (χ1n) is 9.25. The van der Waals surface area contributed by atoms with Crippen molar-refractivity contribution in [1.82, 2.24) is 9.78 Å². The van der Waals surface area contributed by atoms with E-state index in [-0.39, 0.29) is 19.1 Å². The van der Waals surface area contributed by atoms with E-state index >= 15 is 0 Å². The Kier molecular flexibility index (Phi) is 6.43. The average Bonchev–Trinajstić information content (AvgIpc) is 3.04. The molecule has 0 atom stereocenters. The second kappa shape index (κ2) is 9.38. The maximum absolute atomic E-state index is 12.1. The van der Waals surface area contributed by atoms with Gasteiger partial charge in [-0.15, -0.1) is 0 Å².